The van der Waals surface area contributed by atoms with Gasteiger partial charge in [-0.05, 0) is 0 Å². The number of hydrogen-bond donors (Lipinski definition) is 2. The van der Waals surface area contributed by atoms with Crippen LogP contribution in [0.2, 0.25) is 0 Å². The maximum absolute atomic E-state index is 6.90. The molecule has 0 aromatic heterocycles. The molecule has 0 fully saturated rings. The average molecular weight is 103 g/mol. The molecule has 1 atom stereocenters. The average Bonchev–Trinajstić information content (AvgIpc) is 1.86. The van der Waals surface area contributed by atoms with E-state index in [2.05, 4.69) is 9.71 Å². The van der Waals surface area contributed by atoms with Gasteiger partial charge in [0.1, 0.15) is 0 Å². The van der Waals surface area contributed by atoms with Crippen LogP contribution in [-0.2, 0) is 10.9 Å². The predicted molar refractivity (Wildman–Crippen MR) is 26.6 cm³/mol. The Morgan fingerprint density at radius 3 is 3.00 bits per heavy atom. The molecule has 2 N–H and O–H groups in total. The van der Waals surface area contributed by atoms with Gasteiger partial charge < -0.3 is 0 Å². The Morgan fingerprint density at radius 2 is 2.83 bits per heavy atom. The fourth-order valence-electron chi connectivity index (χ4n) is 0.256. The summed E-state index contributed by atoms with van der Waals surface area (Å²) in [6.45, 7) is 0.632. The van der Waals surface area contributed by atoms with E-state index in [-0.39, 0.29) is 0 Å². The van der Waals surface area contributed by atoms with Crippen LogP contribution >= 0.6 is 0 Å². The molecule has 34 valence electrons. The minimum atomic E-state index is -0.465. The van der Waals surface area contributed by atoms with E-state index in [1.165, 1.54) is 0 Å². The van der Waals surface area contributed by atoms with Crippen LogP contribution < -0.4 is 4.72 Å². The smallest absolute Gasteiger partial charge is 0.0992 e. The van der Waals surface area contributed by atoms with E-state index in [0.717, 1.165) is 0 Å². The number of aliphatic imine (C=N–C) groups is 1. The van der Waals surface area contributed by atoms with Crippen molar-refractivity contribution in [1.29, 1.82) is 4.78 Å². The van der Waals surface area contributed by atoms with Gasteiger partial charge in [0.05, 0.1) is 12.2 Å². The summed E-state index contributed by atoms with van der Waals surface area (Å²) in [7, 11) is -0.465. The third kappa shape index (κ3) is 0.636. The lowest BCUT2D eigenvalue weighted by atomic mass is 11.2. The van der Waals surface area contributed by atoms with E-state index in [9.17, 15) is 0 Å². The van der Waals surface area contributed by atoms with Gasteiger partial charge in [0.2, 0.25) is 0 Å². The summed E-state index contributed by atoms with van der Waals surface area (Å²) >= 11 is 0. The van der Waals surface area contributed by atoms with Crippen LogP contribution in [0.4, 0.5) is 0 Å². The molecule has 0 aliphatic carbocycles. The molecule has 1 heterocycles. The molecule has 0 aromatic carbocycles. The standard InChI is InChI=1S/C2H5N3S/c3-6-2-4-1-5-6/h2H,1H2,(H2,3,5). The summed E-state index contributed by atoms with van der Waals surface area (Å²) in [4.78, 5) is 3.75. The molecule has 1 unspecified atom stereocenters. The normalized spacial score (nSPS) is 31.7. The number of nitrogens with zero attached hydrogens (tertiary/aromatic N) is 1. The molecule has 3 nitrogen and oxygen atoms in total. The van der Waals surface area contributed by atoms with Crippen LogP contribution in [-0.4, -0.2) is 12.2 Å². The van der Waals surface area contributed by atoms with E-state index in [1.54, 1.807) is 5.55 Å². The predicted octanol–water partition coefficient (Wildman–Crippen LogP) is -0.129. The second-order valence-electron chi connectivity index (χ2n) is 0.928. The first-order valence-corrected chi connectivity index (χ1v) is 2.86. The number of rotatable bonds is 0. The first kappa shape index (κ1) is 3.95. The Balaban J connectivity index is 2.59. The zero-order valence-corrected chi connectivity index (χ0v) is 3.96. The van der Waals surface area contributed by atoms with Gasteiger partial charge in [0, 0.05) is 10.9 Å². The van der Waals surface area contributed by atoms with Gasteiger partial charge >= 0.3 is 0 Å². The van der Waals surface area contributed by atoms with Crippen LogP contribution in [0.3, 0.4) is 0 Å². The van der Waals surface area contributed by atoms with Gasteiger partial charge in [-0.2, -0.15) is 0 Å². The summed E-state index contributed by atoms with van der Waals surface area (Å²) in [6, 6.07) is 0. The Bertz CT molecular complexity index is 97.0. The van der Waals surface area contributed by atoms with E-state index >= 15 is 0 Å². The van der Waals surface area contributed by atoms with Crippen molar-refractivity contribution in [2.24, 2.45) is 4.99 Å². The molecule has 0 saturated carbocycles. The number of nitrogens with one attached hydrogen (secondary N) is 2. The second-order valence-corrected chi connectivity index (χ2v) is 2.10. The third-order valence-corrected chi connectivity index (χ3v) is 1.29. The highest BCUT2D eigenvalue weighted by Crippen LogP contribution is 1.78. The van der Waals surface area contributed by atoms with Crippen molar-refractivity contribution < 1.29 is 0 Å². The van der Waals surface area contributed by atoms with Crippen molar-refractivity contribution in [2.45, 2.75) is 0 Å². The summed E-state index contributed by atoms with van der Waals surface area (Å²) in [5, 5.41) is 0. The molecule has 0 amide bonds. The molecule has 0 radical (unpaired) electrons. The quantitative estimate of drug-likeness (QED) is 0.441. The summed E-state index contributed by atoms with van der Waals surface area (Å²) in [6.07, 6.45) is 0. The van der Waals surface area contributed by atoms with Gasteiger partial charge in [-0.15, -0.1) is 0 Å². The molecule has 0 saturated heterocycles. The zero-order valence-electron chi connectivity index (χ0n) is 3.14. The van der Waals surface area contributed by atoms with Crippen molar-refractivity contribution in [3.63, 3.8) is 0 Å². The van der Waals surface area contributed by atoms with Crippen LogP contribution in [0.15, 0.2) is 4.99 Å². The maximum atomic E-state index is 6.90. The van der Waals surface area contributed by atoms with Crippen molar-refractivity contribution in [1.82, 2.24) is 4.72 Å². The van der Waals surface area contributed by atoms with Gasteiger partial charge in [0.15, 0.2) is 0 Å². The molecule has 1 rings (SSSR count). The Morgan fingerprint density at radius 1 is 2.00 bits per heavy atom. The fourth-order valence-corrected chi connectivity index (χ4v) is 0.768. The highest BCUT2D eigenvalue weighted by atomic mass is 32.2. The lowest BCUT2D eigenvalue weighted by Gasteiger charge is -1.81. The van der Waals surface area contributed by atoms with Crippen LogP contribution in [0.25, 0.3) is 0 Å². The molecule has 0 bridgehead atoms. The van der Waals surface area contributed by atoms with Crippen molar-refractivity contribution in [3.05, 3.63) is 0 Å². The van der Waals surface area contributed by atoms with E-state index < -0.39 is 10.9 Å². The highest BCUT2D eigenvalue weighted by Gasteiger charge is 1.90. The molecule has 1 aliphatic rings. The maximum Gasteiger partial charge on any atom is 0.0992 e. The van der Waals surface area contributed by atoms with Crippen LogP contribution in [0.1, 0.15) is 0 Å². The molecule has 0 spiro atoms. The Hall–Kier alpha value is -0.220. The van der Waals surface area contributed by atoms with Crippen LogP contribution in [0, 0.1) is 4.78 Å². The molecule has 1 aliphatic heterocycles. The Kier molecular flexibility index (Phi) is 0.979. The van der Waals surface area contributed by atoms with Crippen LogP contribution in [0.5, 0.6) is 0 Å². The van der Waals surface area contributed by atoms with E-state index in [1.807, 2.05) is 0 Å². The lowest BCUT2D eigenvalue weighted by molar-refractivity contribution is 1.01. The monoisotopic (exact) mass is 103 g/mol. The molecular formula is C2H5N3S. The molecule has 4 heteroatoms. The van der Waals surface area contributed by atoms with Gasteiger partial charge in [0.25, 0.3) is 0 Å². The van der Waals surface area contributed by atoms with Crippen molar-refractivity contribution >= 4 is 16.4 Å². The van der Waals surface area contributed by atoms with Gasteiger partial charge in [-0.25, -0.2) is 4.72 Å². The number of hydrogen-bond acceptors (Lipinski definition) is 2. The fraction of sp³-hybridized carbons (Fsp3) is 0.500. The topological polar surface area (TPSA) is 48.2 Å². The summed E-state index contributed by atoms with van der Waals surface area (Å²) in [5.74, 6) is 0. The minimum absolute atomic E-state index is 0.465. The van der Waals surface area contributed by atoms with Crippen molar-refractivity contribution in [2.75, 3.05) is 6.67 Å². The summed E-state index contributed by atoms with van der Waals surface area (Å²) in [5.41, 5.74) is 1.61. The minimum Gasteiger partial charge on any atom is -0.268 e. The largest absolute Gasteiger partial charge is 0.268 e. The SMILES string of the molecule is N=S1C=NCN1. The Labute approximate surface area is 38.5 Å². The first-order valence-electron chi connectivity index (χ1n) is 1.57. The third-order valence-electron chi connectivity index (χ3n) is 0.491. The van der Waals surface area contributed by atoms with Crippen molar-refractivity contribution in [3.8, 4) is 0 Å². The van der Waals surface area contributed by atoms with E-state index in [0.29, 0.717) is 6.67 Å². The zero-order chi connectivity index (χ0) is 4.41. The molecular weight excluding hydrogens is 98.1 g/mol. The highest BCUT2D eigenvalue weighted by molar-refractivity contribution is 7.98. The van der Waals surface area contributed by atoms with Gasteiger partial charge in [-0.1, -0.05) is 0 Å². The first-order chi connectivity index (χ1) is 2.89. The van der Waals surface area contributed by atoms with E-state index in [4.69, 9.17) is 4.78 Å². The second kappa shape index (κ2) is 1.49. The summed E-state index contributed by atoms with van der Waals surface area (Å²) < 4.78 is 9.69. The molecule has 0 aromatic rings. The molecule has 6 heavy (non-hydrogen) atoms. The lowest BCUT2D eigenvalue weighted by Crippen LogP contribution is -2.07. The van der Waals surface area contributed by atoms with Gasteiger partial charge in [-0.3, -0.25) is 9.77 Å².